The van der Waals surface area contributed by atoms with Gasteiger partial charge >= 0.3 is 6.03 Å². The average molecular weight is 465 g/mol. The van der Waals surface area contributed by atoms with Gasteiger partial charge in [0.05, 0.1) is 7.11 Å². The first-order chi connectivity index (χ1) is 15.8. The molecule has 1 fully saturated rings. The summed E-state index contributed by atoms with van der Waals surface area (Å²) in [5.41, 5.74) is 3.23. The fourth-order valence-corrected chi connectivity index (χ4v) is 3.58. The summed E-state index contributed by atoms with van der Waals surface area (Å²) in [4.78, 5) is 38.2. The topological polar surface area (TPSA) is 92.7 Å². The number of nitrogens with zero attached hydrogens (tertiary/aromatic N) is 2. The first-order valence-corrected chi connectivity index (χ1v) is 10.5. The van der Waals surface area contributed by atoms with Gasteiger partial charge in [0.25, 0.3) is 5.91 Å². The second kappa shape index (κ2) is 9.22. The quantitative estimate of drug-likeness (QED) is 0.426. The Morgan fingerprint density at radius 1 is 1.12 bits per heavy atom. The van der Waals surface area contributed by atoms with Crippen molar-refractivity contribution in [3.8, 4) is 11.4 Å². The molecule has 0 spiro atoms. The molecule has 0 radical (unpaired) electrons. The van der Waals surface area contributed by atoms with E-state index in [4.69, 9.17) is 16.3 Å². The van der Waals surface area contributed by atoms with Gasteiger partial charge in [-0.2, -0.15) is 0 Å². The van der Waals surface area contributed by atoms with E-state index in [-0.39, 0.29) is 5.70 Å². The third-order valence-corrected chi connectivity index (χ3v) is 5.34. The lowest BCUT2D eigenvalue weighted by molar-refractivity contribution is -0.127. The summed E-state index contributed by atoms with van der Waals surface area (Å²) in [6.45, 7) is 1.53. The lowest BCUT2D eigenvalue weighted by Gasteiger charge is -2.11. The fraction of sp³-hybridized carbons (Fsp3) is 0.125. The SMILES string of the molecule is COc1ccc(-n2cc(/C=C3/NC(=O)N(CC(=O)Nc4ccc(Cl)cc4)C3=O)cc2C)cc1. The van der Waals surface area contributed by atoms with Crippen LogP contribution in [-0.4, -0.2) is 41.0 Å². The van der Waals surface area contributed by atoms with E-state index in [2.05, 4.69) is 10.6 Å². The number of aryl methyl sites for hydroxylation is 1. The normalized spacial score (nSPS) is 14.5. The largest absolute Gasteiger partial charge is 0.497 e. The highest BCUT2D eigenvalue weighted by Gasteiger charge is 2.35. The number of rotatable bonds is 6. The molecule has 1 aromatic heterocycles. The van der Waals surface area contributed by atoms with E-state index in [9.17, 15) is 14.4 Å². The number of amides is 4. The van der Waals surface area contributed by atoms with Crippen LogP contribution in [0.4, 0.5) is 10.5 Å². The van der Waals surface area contributed by atoms with E-state index in [0.717, 1.165) is 27.6 Å². The summed E-state index contributed by atoms with van der Waals surface area (Å²) < 4.78 is 7.15. The number of nitrogens with one attached hydrogen (secondary N) is 2. The Hall–Kier alpha value is -4.04. The zero-order valence-electron chi connectivity index (χ0n) is 18.0. The van der Waals surface area contributed by atoms with Gasteiger partial charge in [-0.05, 0) is 73.2 Å². The first kappa shape index (κ1) is 22.2. The molecule has 0 saturated carbocycles. The number of aromatic nitrogens is 1. The summed E-state index contributed by atoms with van der Waals surface area (Å²) in [6.07, 6.45) is 3.45. The van der Waals surface area contributed by atoms with Crippen LogP contribution in [0.1, 0.15) is 11.3 Å². The standard InChI is InChI=1S/C24H21ClN4O4/c1-15-11-16(13-28(15)19-7-9-20(33-2)10-8-19)12-21-23(31)29(24(32)27-21)14-22(30)26-18-5-3-17(25)4-6-18/h3-13H,14H2,1-2H3,(H,26,30)(H,27,32)/b21-12+. The molecule has 8 nitrogen and oxygen atoms in total. The molecule has 1 saturated heterocycles. The molecule has 0 bridgehead atoms. The van der Waals surface area contributed by atoms with E-state index in [1.165, 1.54) is 0 Å². The molecule has 0 atom stereocenters. The highest BCUT2D eigenvalue weighted by molar-refractivity contribution is 6.30. The second-order valence-electron chi connectivity index (χ2n) is 7.42. The summed E-state index contributed by atoms with van der Waals surface area (Å²) in [5, 5.41) is 5.71. The van der Waals surface area contributed by atoms with Gasteiger partial charge in [0.2, 0.25) is 5.91 Å². The Balaban J connectivity index is 1.47. The maximum absolute atomic E-state index is 12.7. The van der Waals surface area contributed by atoms with E-state index in [1.54, 1.807) is 37.5 Å². The predicted molar refractivity (Wildman–Crippen MR) is 125 cm³/mol. The van der Waals surface area contributed by atoms with Crippen molar-refractivity contribution >= 4 is 41.2 Å². The maximum atomic E-state index is 12.7. The molecule has 1 aliphatic heterocycles. The molecule has 0 aliphatic carbocycles. The van der Waals surface area contributed by atoms with Gasteiger partial charge in [-0.25, -0.2) is 9.69 Å². The zero-order valence-corrected chi connectivity index (χ0v) is 18.7. The van der Waals surface area contributed by atoms with Crippen LogP contribution in [0.25, 0.3) is 11.8 Å². The van der Waals surface area contributed by atoms with Gasteiger partial charge < -0.3 is 19.9 Å². The number of urea groups is 1. The minimum absolute atomic E-state index is 0.103. The molecule has 2 N–H and O–H groups in total. The highest BCUT2D eigenvalue weighted by atomic mass is 35.5. The van der Waals surface area contributed by atoms with E-state index < -0.39 is 24.4 Å². The number of benzene rings is 2. The summed E-state index contributed by atoms with van der Waals surface area (Å²) in [5.74, 6) is -0.310. The van der Waals surface area contributed by atoms with E-state index in [0.29, 0.717) is 10.7 Å². The molecular weight excluding hydrogens is 444 g/mol. The van der Waals surface area contributed by atoms with Crippen LogP contribution in [0, 0.1) is 6.92 Å². The molecule has 2 heterocycles. The Kier molecular flexibility index (Phi) is 6.19. The van der Waals surface area contributed by atoms with Crippen molar-refractivity contribution in [2.24, 2.45) is 0 Å². The lowest BCUT2D eigenvalue weighted by atomic mass is 10.2. The van der Waals surface area contributed by atoms with Crippen LogP contribution in [-0.2, 0) is 9.59 Å². The molecule has 4 amide bonds. The third kappa shape index (κ3) is 4.91. The lowest BCUT2D eigenvalue weighted by Crippen LogP contribution is -2.38. The number of ether oxygens (including phenoxy) is 1. The minimum Gasteiger partial charge on any atom is -0.497 e. The van der Waals surface area contributed by atoms with Gasteiger partial charge in [-0.15, -0.1) is 0 Å². The molecule has 0 unspecified atom stereocenters. The number of hydrogen-bond donors (Lipinski definition) is 2. The monoisotopic (exact) mass is 464 g/mol. The van der Waals surface area contributed by atoms with Gasteiger partial charge in [-0.3, -0.25) is 9.59 Å². The third-order valence-electron chi connectivity index (χ3n) is 5.09. The Morgan fingerprint density at radius 2 is 1.82 bits per heavy atom. The van der Waals surface area contributed by atoms with Crippen LogP contribution in [0.3, 0.4) is 0 Å². The average Bonchev–Trinajstić information content (AvgIpc) is 3.29. The van der Waals surface area contributed by atoms with Crippen LogP contribution >= 0.6 is 11.6 Å². The van der Waals surface area contributed by atoms with Crippen molar-refractivity contribution in [2.75, 3.05) is 19.0 Å². The Morgan fingerprint density at radius 3 is 2.48 bits per heavy atom. The van der Waals surface area contributed by atoms with Gasteiger partial charge in [0, 0.05) is 28.3 Å². The Labute approximate surface area is 195 Å². The minimum atomic E-state index is -0.649. The molecule has 1 aliphatic rings. The van der Waals surface area contributed by atoms with Crippen molar-refractivity contribution in [1.82, 2.24) is 14.8 Å². The zero-order chi connectivity index (χ0) is 23.5. The van der Waals surface area contributed by atoms with E-state index in [1.807, 2.05) is 48.0 Å². The van der Waals surface area contributed by atoms with Crippen molar-refractivity contribution in [3.05, 3.63) is 82.8 Å². The molecule has 4 rings (SSSR count). The Bertz CT molecular complexity index is 1250. The number of halogens is 1. The van der Waals surface area contributed by atoms with Gasteiger partial charge in [0.1, 0.15) is 18.0 Å². The van der Waals surface area contributed by atoms with Crippen molar-refractivity contribution in [1.29, 1.82) is 0 Å². The van der Waals surface area contributed by atoms with Gasteiger partial charge in [0.15, 0.2) is 0 Å². The molecule has 33 heavy (non-hydrogen) atoms. The highest BCUT2D eigenvalue weighted by Crippen LogP contribution is 2.21. The van der Waals surface area contributed by atoms with Crippen molar-refractivity contribution in [2.45, 2.75) is 6.92 Å². The number of methoxy groups -OCH3 is 1. The fourth-order valence-electron chi connectivity index (χ4n) is 3.46. The molecule has 9 heteroatoms. The molecular formula is C24H21ClN4O4. The number of carbonyl (C=O) groups is 3. The number of anilines is 1. The predicted octanol–water partition coefficient (Wildman–Crippen LogP) is 3.98. The van der Waals surface area contributed by atoms with Crippen LogP contribution in [0.15, 0.2) is 66.5 Å². The summed E-state index contributed by atoms with van der Waals surface area (Å²) in [7, 11) is 1.61. The molecule has 168 valence electrons. The molecule has 3 aromatic rings. The van der Waals surface area contributed by atoms with E-state index >= 15 is 0 Å². The number of imide groups is 1. The van der Waals surface area contributed by atoms with Crippen LogP contribution in [0.5, 0.6) is 5.75 Å². The summed E-state index contributed by atoms with van der Waals surface area (Å²) in [6, 6.07) is 15.3. The molecule has 2 aromatic carbocycles. The smallest absolute Gasteiger partial charge is 0.329 e. The maximum Gasteiger partial charge on any atom is 0.329 e. The number of hydrogen-bond acceptors (Lipinski definition) is 4. The summed E-state index contributed by atoms with van der Waals surface area (Å²) >= 11 is 5.83. The van der Waals surface area contributed by atoms with Gasteiger partial charge in [-0.1, -0.05) is 11.6 Å². The number of carbonyl (C=O) groups excluding carboxylic acids is 3. The van der Waals surface area contributed by atoms with Crippen molar-refractivity contribution < 1.29 is 19.1 Å². The van der Waals surface area contributed by atoms with Crippen LogP contribution in [0.2, 0.25) is 5.02 Å². The first-order valence-electron chi connectivity index (χ1n) is 10.1. The van der Waals surface area contributed by atoms with Crippen molar-refractivity contribution in [3.63, 3.8) is 0 Å². The van der Waals surface area contributed by atoms with Crippen LogP contribution < -0.4 is 15.4 Å². The second-order valence-corrected chi connectivity index (χ2v) is 7.85.